The van der Waals surface area contributed by atoms with Crippen LogP contribution in [0.3, 0.4) is 0 Å². The first-order valence-corrected chi connectivity index (χ1v) is 8.87. The lowest BCUT2D eigenvalue weighted by Crippen LogP contribution is -2.21. The van der Waals surface area contributed by atoms with Gasteiger partial charge < -0.3 is 9.73 Å². The van der Waals surface area contributed by atoms with Crippen LogP contribution < -0.4 is 5.32 Å². The molecule has 4 rings (SSSR count). The van der Waals surface area contributed by atoms with E-state index in [2.05, 4.69) is 11.4 Å². The van der Waals surface area contributed by atoms with Gasteiger partial charge in [0.1, 0.15) is 5.76 Å². The third-order valence-electron chi connectivity index (χ3n) is 3.53. The fourth-order valence-electron chi connectivity index (χ4n) is 2.39. The van der Waals surface area contributed by atoms with Gasteiger partial charge in [-0.2, -0.15) is 0 Å². The van der Waals surface area contributed by atoms with Crippen molar-refractivity contribution in [2.24, 2.45) is 0 Å². The number of furan rings is 1. The van der Waals surface area contributed by atoms with Gasteiger partial charge in [0, 0.05) is 20.5 Å². The zero-order valence-electron chi connectivity index (χ0n) is 12.1. The quantitative estimate of drug-likeness (QED) is 0.558. The maximum Gasteiger partial charge on any atom is 0.261 e. The first kappa shape index (κ1) is 14.2. The molecule has 0 spiro atoms. The number of carbonyl (C=O) groups excluding carboxylic acids is 1. The van der Waals surface area contributed by atoms with Crippen LogP contribution in [0.4, 0.5) is 0 Å². The molecule has 1 aromatic carbocycles. The van der Waals surface area contributed by atoms with Crippen LogP contribution >= 0.6 is 22.7 Å². The Labute approximate surface area is 141 Å². The smallest absolute Gasteiger partial charge is 0.261 e. The van der Waals surface area contributed by atoms with Crippen molar-refractivity contribution in [1.29, 1.82) is 0 Å². The van der Waals surface area contributed by atoms with Crippen molar-refractivity contribution in [2.75, 3.05) is 0 Å². The van der Waals surface area contributed by atoms with E-state index in [9.17, 15) is 4.79 Å². The van der Waals surface area contributed by atoms with Crippen molar-refractivity contribution in [1.82, 2.24) is 5.32 Å². The largest absolute Gasteiger partial charge is 0.464 e. The summed E-state index contributed by atoms with van der Waals surface area (Å²) >= 11 is 3.14. The maximum absolute atomic E-state index is 12.3. The lowest BCUT2D eigenvalue weighted by Gasteiger charge is -2.00. The van der Waals surface area contributed by atoms with Crippen LogP contribution in [0.5, 0.6) is 0 Å². The maximum atomic E-state index is 12.3. The molecule has 23 heavy (non-hydrogen) atoms. The van der Waals surface area contributed by atoms with Crippen molar-refractivity contribution in [3.63, 3.8) is 0 Å². The average molecular weight is 339 g/mol. The zero-order valence-corrected chi connectivity index (χ0v) is 13.7. The molecule has 1 amide bonds. The SMILES string of the molecule is O=C(NCc1cc(-c2ccco2)cs1)c1cc2ccccc2s1. The molecule has 3 aromatic heterocycles. The summed E-state index contributed by atoms with van der Waals surface area (Å²) in [6.45, 7) is 0.526. The van der Waals surface area contributed by atoms with Crippen LogP contribution in [-0.4, -0.2) is 5.91 Å². The molecule has 0 atom stereocenters. The predicted molar refractivity (Wildman–Crippen MR) is 95.0 cm³/mol. The molecule has 0 unspecified atom stereocenters. The Morgan fingerprint density at radius 2 is 2.04 bits per heavy atom. The summed E-state index contributed by atoms with van der Waals surface area (Å²) < 4.78 is 6.52. The number of thiophene rings is 2. The summed E-state index contributed by atoms with van der Waals surface area (Å²) in [6.07, 6.45) is 1.66. The second-order valence-corrected chi connectivity index (χ2v) is 7.19. The van der Waals surface area contributed by atoms with E-state index in [-0.39, 0.29) is 5.91 Å². The van der Waals surface area contributed by atoms with Crippen molar-refractivity contribution in [2.45, 2.75) is 6.54 Å². The molecule has 0 fully saturated rings. The van der Waals surface area contributed by atoms with Gasteiger partial charge in [-0.05, 0) is 35.7 Å². The highest BCUT2D eigenvalue weighted by molar-refractivity contribution is 7.20. The number of nitrogens with one attached hydrogen (secondary N) is 1. The minimum absolute atomic E-state index is 0.0286. The molecule has 1 N–H and O–H groups in total. The molecule has 3 heterocycles. The van der Waals surface area contributed by atoms with E-state index in [4.69, 9.17) is 4.42 Å². The molecular formula is C18H13NO2S2. The molecular weight excluding hydrogens is 326 g/mol. The summed E-state index contributed by atoms with van der Waals surface area (Å²) in [4.78, 5) is 14.2. The van der Waals surface area contributed by atoms with E-state index < -0.39 is 0 Å². The number of rotatable bonds is 4. The molecule has 114 valence electrons. The summed E-state index contributed by atoms with van der Waals surface area (Å²) in [6, 6.07) is 15.8. The van der Waals surface area contributed by atoms with Crippen LogP contribution in [-0.2, 0) is 6.54 Å². The number of amides is 1. The number of benzene rings is 1. The van der Waals surface area contributed by atoms with Gasteiger partial charge in [-0.25, -0.2) is 0 Å². The van der Waals surface area contributed by atoms with Gasteiger partial charge in [-0.3, -0.25) is 4.79 Å². The molecule has 0 radical (unpaired) electrons. The molecule has 0 aliphatic heterocycles. The van der Waals surface area contributed by atoms with Crippen LogP contribution in [0.25, 0.3) is 21.4 Å². The Bertz CT molecular complexity index is 917. The molecule has 0 bridgehead atoms. The minimum atomic E-state index is -0.0286. The van der Waals surface area contributed by atoms with Crippen molar-refractivity contribution >= 4 is 38.7 Å². The second kappa shape index (κ2) is 6.02. The molecule has 3 nitrogen and oxygen atoms in total. The summed E-state index contributed by atoms with van der Waals surface area (Å²) in [5.74, 6) is 0.822. The fourth-order valence-corrected chi connectivity index (χ4v) is 4.19. The van der Waals surface area contributed by atoms with Crippen LogP contribution in [0.15, 0.2) is 64.6 Å². The first-order valence-electron chi connectivity index (χ1n) is 7.18. The number of carbonyl (C=O) groups is 1. The summed E-state index contributed by atoms with van der Waals surface area (Å²) in [7, 11) is 0. The molecule has 0 aliphatic rings. The lowest BCUT2D eigenvalue weighted by molar-refractivity contribution is 0.0955. The third kappa shape index (κ3) is 2.93. The van der Waals surface area contributed by atoms with Crippen molar-refractivity contribution < 1.29 is 9.21 Å². The molecule has 5 heteroatoms. The topological polar surface area (TPSA) is 42.2 Å². The Kier molecular flexibility index (Phi) is 3.73. The van der Waals surface area contributed by atoms with E-state index in [1.54, 1.807) is 17.6 Å². The summed E-state index contributed by atoms with van der Waals surface area (Å²) in [5, 5.41) is 6.14. The van der Waals surface area contributed by atoms with Crippen molar-refractivity contribution in [3.05, 3.63) is 69.9 Å². The average Bonchev–Trinajstić information content (AvgIpc) is 3.31. The van der Waals surface area contributed by atoms with E-state index in [0.29, 0.717) is 6.54 Å². The van der Waals surface area contributed by atoms with Crippen LogP contribution in [0, 0.1) is 0 Å². The van der Waals surface area contributed by atoms with Gasteiger partial charge in [0.05, 0.1) is 17.7 Å². The molecule has 0 aliphatic carbocycles. The molecule has 0 saturated carbocycles. The van der Waals surface area contributed by atoms with E-state index in [1.807, 2.05) is 47.8 Å². The zero-order chi connectivity index (χ0) is 15.6. The lowest BCUT2D eigenvalue weighted by atomic mass is 10.2. The summed E-state index contributed by atoms with van der Waals surface area (Å²) in [5.41, 5.74) is 1.05. The minimum Gasteiger partial charge on any atom is -0.464 e. The highest BCUT2D eigenvalue weighted by Gasteiger charge is 2.11. The normalized spacial score (nSPS) is 11.0. The first-order chi connectivity index (χ1) is 11.3. The Morgan fingerprint density at radius 1 is 1.13 bits per heavy atom. The highest BCUT2D eigenvalue weighted by atomic mass is 32.1. The Hall–Kier alpha value is -2.37. The van der Waals surface area contributed by atoms with Gasteiger partial charge in [0.15, 0.2) is 0 Å². The van der Waals surface area contributed by atoms with Crippen molar-refractivity contribution in [3.8, 4) is 11.3 Å². The number of hydrogen-bond acceptors (Lipinski definition) is 4. The van der Waals surface area contributed by atoms with Gasteiger partial charge in [0.25, 0.3) is 5.91 Å². The third-order valence-corrected chi connectivity index (χ3v) is 5.58. The van der Waals surface area contributed by atoms with Gasteiger partial charge >= 0.3 is 0 Å². The Morgan fingerprint density at radius 3 is 2.87 bits per heavy atom. The Balaban J connectivity index is 1.45. The number of fused-ring (bicyclic) bond motifs is 1. The van der Waals surface area contributed by atoms with Gasteiger partial charge in [-0.1, -0.05) is 18.2 Å². The van der Waals surface area contributed by atoms with E-state index in [0.717, 1.165) is 31.2 Å². The monoisotopic (exact) mass is 339 g/mol. The van der Waals surface area contributed by atoms with Crippen LogP contribution in [0.1, 0.15) is 14.5 Å². The molecule has 0 saturated heterocycles. The molecule has 4 aromatic rings. The van der Waals surface area contributed by atoms with E-state index >= 15 is 0 Å². The number of hydrogen-bond donors (Lipinski definition) is 1. The highest BCUT2D eigenvalue weighted by Crippen LogP contribution is 2.27. The standard InChI is InChI=1S/C18H13NO2S2/c20-18(17-9-12-4-1-2-6-16(12)23-17)19-10-14-8-13(11-22-14)15-5-3-7-21-15/h1-9,11H,10H2,(H,19,20). The predicted octanol–water partition coefficient (Wildman–Crippen LogP) is 5.15. The van der Waals surface area contributed by atoms with E-state index in [1.165, 1.54) is 11.3 Å². The van der Waals surface area contributed by atoms with Crippen LogP contribution in [0.2, 0.25) is 0 Å². The fraction of sp³-hybridized carbons (Fsp3) is 0.0556. The van der Waals surface area contributed by atoms with Gasteiger partial charge in [-0.15, -0.1) is 22.7 Å². The second-order valence-electron chi connectivity index (χ2n) is 5.11. The van der Waals surface area contributed by atoms with Gasteiger partial charge in [0.2, 0.25) is 0 Å².